The monoisotopic (exact) mass is 412 g/mol. The molecule has 0 aliphatic heterocycles. The van der Waals surface area contributed by atoms with Crippen molar-refractivity contribution in [3.05, 3.63) is 58.4 Å². The number of amides is 1. The Labute approximate surface area is 173 Å². The van der Waals surface area contributed by atoms with Crippen LogP contribution < -0.4 is 9.54 Å². The average molecular weight is 413 g/mol. The summed E-state index contributed by atoms with van der Waals surface area (Å²) in [5, 5.41) is 9.75. The van der Waals surface area contributed by atoms with Crippen LogP contribution in [0.3, 0.4) is 0 Å². The lowest BCUT2D eigenvalue weighted by Crippen LogP contribution is -2.27. The van der Waals surface area contributed by atoms with Gasteiger partial charge in [0.1, 0.15) is 11.8 Å². The van der Waals surface area contributed by atoms with Gasteiger partial charge in [-0.3, -0.25) is 4.79 Å². The van der Waals surface area contributed by atoms with E-state index in [1.807, 2.05) is 44.2 Å². The molecule has 3 aromatic rings. The Morgan fingerprint density at radius 3 is 2.52 bits per heavy atom. The third kappa shape index (κ3) is 4.56. The number of nitrogens with zero attached hydrogens (tertiary/aromatic N) is 2. The van der Waals surface area contributed by atoms with Crippen LogP contribution in [0.4, 0.5) is 0 Å². The van der Waals surface area contributed by atoms with Crippen molar-refractivity contribution in [3.63, 3.8) is 0 Å². The fourth-order valence-corrected chi connectivity index (χ4v) is 4.07. The van der Waals surface area contributed by atoms with Gasteiger partial charge >= 0.3 is 5.97 Å². The molecule has 0 saturated carbocycles. The maximum atomic E-state index is 12.7. The second-order valence-electron chi connectivity index (χ2n) is 6.78. The summed E-state index contributed by atoms with van der Waals surface area (Å²) in [6, 6.07) is 11.9. The van der Waals surface area contributed by atoms with E-state index in [0.717, 1.165) is 16.7 Å². The number of aromatic nitrogens is 1. The summed E-state index contributed by atoms with van der Waals surface area (Å²) >= 11 is 1.30. The zero-order valence-electron chi connectivity index (χ0n) is 16.7. The summed E-state index contributed by atoms with van der Waals surface area (Å²) in [6.07, 6.45) is 1.24. The van der Waals surface area contributed by atoms with E-state index in [2.05, 4.69) is 4.99 Å². The largest absolute Gasteiger partial charge is 0.494 e. The predicted octanol–water partition coefficient (Wildman–Crippen LogP) is 4.58. The van der Waals surface area contributed by atoms with Gasteiger partial charge in [0, 0.05) is 11.6 Å². The highest BCUT2D eigenvalue weighted by Gasteiger charge is 2.22. The first-order chi connectivity index (χ1) is 13.9. The topological polar surface area (TPSA) is 80.9 Å². The summed E-state index contributed by atoms with van der Waals surface area (Å²) in [7, 11) is 0. The van der Waals surface area contributed by atoms with Crippen molar-refractivity contribution < 1.29 is 19.4 Å². The molecule has 2 aromatic carbocycles. The van der Waals surface area contributed by atoms with E-state index in [1.165, 1.54) is 11.3 Å². The number of aliphatic carboxylic acids is 1. The number of carbonyl (C=O) groups excluding carboxylic acids is 1. The zero-order valence-corrected chi connectivity index (χ0v) is 17.5. The van der Waals surface area contributed by atoms with Gasteiger partial charge in [0.2, 0.25) is 0 Å². The Kier molecular flexibility index (Phi) is 6.49. The Morgan fingerprint density at radius 2 is 1.90 bits per heavy atom. The molecular weight excluding hydrogens is 388 g/mol. The van der Waals surface area contributed by atoms with Gasteiger partial charge in [-0.15, -0.1) is 0 Å². The number of aryl methyl sites for hydroxylation is 1. The Bertz CT molecular complexity index is 1100. The number of carboxylic acids is 1. The summed E-state index contributed by atoms with van der Waals surface area (Å²) in [5.41, 5.74) is 2.22. The van der Waals surface area contributed by atoms with Gasteiger partial charge in [0.05, 0.1) is 16.8 Å². The lowest BCUT2D eigenvalue weighted by Gasteiger charge is -2.14. The minimum Gasteiger partial charge on any atom is -0.494 e. The molecule has 3 rings (SSSR count). The lowest BCUT2D eigenvalue weighted by molar-refractivity contribution is -0.140. The number of carbonyl (C=O) groups is 2. The third-order valence-corrected chi connectivity index (χ3v) is 5.58. The normalized spacial score (nSPS) is 12.9. The van der Waals surface area contributed by atoms with Gasteiger partial charge in [-0.2, -0.15) is 4.99 Å². The first-order valence-electron chi connectivity index (χ1n) is 9.61. The molecule has 1 amide bonds. The summed E-state index contributed by atoms with van der Waals surface area (Å²) in [4.78, 5) is 29.2. The number of carboxylic acid groups (broad SMARTS) is 1. The van der Waals surface area contributed by atoms with Gasteiger partial charge in [0.15, 0.2) is 4.80 Å². The zero-order chi connectivity index (χ0) is 21.0. The highest BCUT2D eigenvalue weighted by atomic mass is 32.1. The standard InChI is InChI=1S/C22H24N2O4S/c1-4-12-28-16-10-11-19-18(13-16)24(17(5-2)21(26)27)22(29-19)23-20(25)15-8-6-14(3)7-9-15/h6-11,13,17H,4-5,12H2,1-3H3,(H,26,27)/b23-22-. The molecule has 7 heteroatoms. The van der Waals surface area contributed by atoms with Crippen LogP contribution in [0.5, 0.6) is 5.75 Å². The number of thiazole rings is 1. The SMILES string of the molecule is CCCOc1ccc2s/c(=N\C(=O)c3ccc(C)cc3)n(C(CC)C(=O)O)c2c1. The first-order valence-corrected chi connectivity index (χ1v) is 10.4. The van der Waals surface area contributed by atoms with E-state index in [4.69, 9.17) is 4.74 Å². The van der Waals surface area contributed by atoms with Crippen LogP contribution in [-0.2, 0) is 4.79 Å². The number of hydrogen-bond donors (Lipinski definition) is 1. The van der Waals surface area contributed by atoms with Gasteiger partial charge in [-0.05, 0) is 44.0 Å². The number of ether oxygens (including phenoxy) is 1. The molecule has 0 spiro atoms. The Balaban J connectivity index is 2.17. The molecule has 0 aliphatic rings. The number of rotatable bonds is 7. The lowest BCUT2D eigenvalue weighted by atomic mass is 10.1. The van der Waals surface area contributed by atoms with Crippen molar-refractivity contribution in [3.8, 4) is 5.75 Å². The molecule has 1 atom stereocenters. The van der Waals surface area contributed by atoms with E-state index < -0.39 is 17.9 Å². The molecule has 1 N–H and O–H groups in total. The van der Waals surface area contributed by atoms with Crippen LogP contribution >= 0.6 is 11.3 Å². The predicted molar refractivity (Wildman–Crippen MR) is 114 cm³/mol. The number of fused-ring (bicyclic) bond motifs is 1. The fraction of sp³-hybridized carbons (Fsp3) is 0.318. The molecule has 0 aliphatic carbocycles. The Hall–Kier alpha value is -2.93. The van der Waals surface area contributed by atoms with Crippen molar-refractivity contribution >= 4 is 33.4 Å². The molecule has 6 nitrogen and oxygen atoms in total. The molecule has 0 fully saturated rings. The van der Waals surface area contributed by atoms with E-state index >= 15 is 0 Å². The van der Waals surface area contributed by atoms with Crippen molar-refractivity contribution in [2.45, 2.75) is 39.7 Å². The Morgan fingerprint density at radius 1 is 1.17 bits per heavy atom. The fourth-order valence-electron chi connectivity index (χ4n) is 3.03. The third-order valence-electron chi connectivity index (χ3n) is 4.55. The quantitative estimate of drug-likeness (QED) is 0.616. The van der Waals surface area contributed by atoms with E-state index in [0.29, 0.717) is 34.7 Å². The number of benzene rings is 2. The van der Waals surface area contributed by atoms with Crippen LogP contribution in [-0.4, -0.2) is 28.2 Å². The minimum atomic E-state index is -0.962. The minimum absolute atomic E-state index is 0.368. The van der Waals surface area contributed by atoms with E-state index in [-0.39, 0.29) is 0 Å². The maximum absolute atomic E-state index is 12.7. The van der Waals surface area contributed by atoms with Gasteiger partial charge in [-0.25, -0.2) is 4.79 Å². The number of hydrogen-bond acceptors (Lipinski definition) is 4. The van der Waals surface area contributed by atoms with E-state index in [1.54, 1.807) is 23.6 Å². The first kappa shape index (κ1) is 20.8. The second kappa shape index (κ2) is 9.05. The molecule has 1 unspecified atom stereocenters. The van der Waals surface area contributed by atoms with Crippen molar-refractivity contribution in [1.29, 1.82) is 0 Å². The van der Waals surface area contributed by atoms with E-state index in [9.17, 15) is 14.7 Å². The van der Waals surface area contributed by atoms with Crippen molar-refractivity contribution in [1.82, 2.24) is 4.57 Å². The van der Waals surface area contributed by atoms with Gasteiger partial charge in [-0.1, -0.05) is 42.9 Å². The van der Waals surface area contributed by atoms with Crippen LogP contribution in [0.25, 0.3) is 10.2 Å². The van der Waals surface area contributed by atoms with Crippen LogP contribution in [0.1, 0.15) is 48.7 Å². The van der Waals surface area contributed by atoms with Crippen LogP contribution in [0.15, 0.2) is 47.5 Å². The highest BCUT2D eigenvalue weighted by molar-refractivity contribution is 7.16. The molecule has 0 radical (unpaired) electrons. The molecule has 1 heterocycles. The summed E-state index contributed by atoms with van der Waals surface area (Å²) in [5.74, 6) is -0.688. The van der Waals surface area contributed by atoms with Gasteiger partial charge in [0.25, 0.3) is 5.91 Å². The molecule has 1 aromatic heterocycles. The highest BCUT2D eigenvalue weighted by Crippen LogP contribution is 2.27. The van der Waals surface area contributed by atoms with Crippen LogP contribution in [0, 0.1) is 6.92 Å². The molecule has 0 saturated heterocycles. The second-order valence-corrected chi connectivity index (χ2v) is 7.79. The smallest absolute Gasteiger partial charge is 0.326 e. The molecule has 0 bridgehead atoms. The average Bonchev–Trinajstić information content (AvgIpc) is 3.04. The maximum Gasteiger partial charge on any atom is 0.326 e. The molecular formula is C22H24N2O4S. The molecule has 29 heavy (non-hydrogen) atoms. The van der Waals surface area contributed by atoms with Crippen LogP contribution in [0.2, 0.25) is 0 Å². The molecule has 152 valence electrons. The van der Waals surface area contributed by atoms with Gasteiger partial charge < -0.3 is 14.4 Å². The van der Waals surface area contributed by atoms with Crippen molar-refractivity contribution in [2.75, 3.05) is 6.61 Å². The summed E-state index contributed by atoms with van der Waals surface area (Å²) < 4.78 is 8.19. The van der Waals surface area contributed by atoms with Crippen molar-refractivity contribution in [2.24, 2.45) is 4.99 Å². The summed E-state index contributed by atoms with van der Waals surface area (Å²) in [6.45, 7) is 6.35.